The second-order valence-electron chi connectivity index (χ2n) is 4.26. The van der Waals surface area contributed by atoms with Crippen LogP contribution in [0.15, 0.2) is 22.7 Å². The zero-order valence-electron chi connectivity index (χ0n) is 10.2. The van der Waals surface area contributed by atoms with Gasteiger partial charge in [-0.15, -0.1) is 0 Å². The summed E-state index contributed by atoms with van der Waals surface area (Å²) in [5.41, 5.74) is 0.514. The molecule has 0 aliphatic carbocycles. The molecule has 0 saturated carbocycles. The van der Waals surface area contributed by atoms with Gasteiger partial charge in [0.15, 0.2) is 0 Å². The first-order chi connectivity index (χ1) is 8.56. The Morgan fingerprint density at radius 2 is 2.22 bits per heavy atom. The second kappa shape index (κ2) is 8.18. The molecule has 100 valence electrons. The minimum Gasteiger partial charge on any atom is -0.352 e. The van der Waals surface area contributed by atoms with Crippen molar-refractivity contribution in [2.24, 2.45) is 5.92 Å². The highest BCUT2D eigenvalue weighted by atomic mass is 79.9. The lowest BCUT2D eigenvalue weighted by Crippen LogP contribution is -2.25. The van der Waals surface area contributed by atoms with E-state index in [-0.39, 0.29) is 5.91 Å². The van der Waals surface area contributed by atoms with Gasteiger partial charge < -0.3 is 5.32 Å². The molecule has 0 aliphatic rings. The Kier molecular flexibility index (Phi) is 7.27. The number of hydrogen-bond donors (Lipinski definition) is 1. The number of amides is 1. The van der Waals surface area contributed by atoms with Crippen LogP contribution in [0.4, 0.5) is 0 Å². The molecule has 1 atom stereocenters. The Bertz CT molecular complexity index is 412. The molecule has 1 aromatic carbocycles. The number of hydrogen-bond acceptors (Lipinski definition) is 1. The summed E-state index contributed by atoms with van der Waals surface area (Å²) in [5.74, 6) is 0.518. The van der Waals surface area contributed by atoms with Crippen molar-refractivity contribution in [2.75, 3.05) is 11.9 Å². The third-order valence-electron chi connectivity index (χ3n) is 2.62. The molecule has 1 unspecified atom stereocenters. The van der Waals surface area contributed by atoms with E-state index in [1.807, 2.05) is 6.07 Å². The van der Waals surface area contributed by atoms with Crippen LogP contribution in [-0.4, -0.2) is 17.8 Å². The maximum absolute atomic E-state index is 11.9. The molecule has 0 aliphatic heterocycles. The average molecular weight is 398 g/mol. The summed E-state index contributed by atoms with van der Waals surface area (Å²) >= 11 is 12.8. The fourth-order valence-electron chi connectivity index (χ4n) is 1.50. The molecule has 18 heavy (non-hydrogen) atoms. The number of alkyl halides is 1. The van der Waals surface area contributed by atoms with Gasteiger partial charge in [-0.1, -0.05) is 40.5 Å². The summed E-state index contributed by atoms with van der Waals surface area (Å²) in [6, 6.07) is 5.35. The molecule has 0 saturated heterocycles. The molecule has 5 heteroatoms. The number of benzene rings is 1. The predicted molar refractivity (Wildman–Crippen MR) is 83.7 cm³/mol. The molecule has 0 heterocycles. The normalized spacial score (nSPS) is 12.2. The molecule has 1 aromatic rings. The van der Waals surface area contributed by atoms with Crippen molar-refractivity contribution >= 4 is 49.4 Å². The Labute approximate surface area is 130 Å². The molecule has 0 spiro atoms. The van der Waals surface area contributed by atoms with Gasteiger partial charge in [0.05, 0.1) is 10.6 Å². The largest absolute Gasteiger partial charge is 0.352 e. The summed E-state index contributed by atoms with van der Waals surface area (Å²) in [6.45, 7) is 2.86. The van der Waals surface area contributed by atoms with E-state index < -0.39 is 0 Å². The fourth-order valence-corrected chi connectivity index (χ4v) is 2.41. The van der Waals surface area contributed by atoms with E-state index in [9.17, 15) is 4.79 Å². The Morgan fingerprint density at radius 3 is 2.89 bits per heavy atom. The van der Waals surface area contributed by atoms with Crippen molar-refractivity contribution in [2.45, 2.75) is 19.8 Å². The van der Waals surface area contributed by atoms with Crippen LogP contribution in [0, 0.1) is 5.92 Å². The van der Waals surface area contributed by atoms with Gasteiger partial charge >= 0.3 is 0 Å². The van der Waals surface area contributed by atoms with E-state index in [0.29, 0.717) is 23.0 Å². The van der Waals surface area contributed by atoms with Crippen LogP contribution in [0.2, 0.25) is 5.02 Å². The van der Waals surface area contributed by atoms with Gasteiger partial charge in [-0.2, -0.15) is 0 Å². The van der Waals surface area contributed by atoms with Crippen LogP contribution in [0.3, 0.4) is 0 Å². The maximum atomic E-state index is 11.9. The average Bonchev–Trinajstić information content (AvgIpc) is 2.37. The van der Waals surface area contributed by atoms with Gasteiger partial charge in [-0.05, 0) is 46.8 Å². The van der Waals surface area contributed by atoms with Crippen molar-refractivity contribution in [3.05, 3.63) is 33.3 Å². The predicted octanol–water partition coefficient (Wildman–Crippen LogP) is 4.64. The number of carbonyl (C=O) groups excluding carboxylic acids is 1. The monoisotopic (exact) mass is 395 g/mol. The van der Waals surface area contributed by atoms with Crippen molar-refractivity contribution in [3.8, 4) is 0 Å². The fraction of sp³-hybridized carbons (Fsp3) is 0.462. The first-order valence-electron chi connectivity index (χ1n) is 5.84. The zero-order chi connectivity index (χ0) is 13.5. The molecule has 0 fully saturated rings. The van der Waals surface area contributed by atoms with E-state index in [0.717, 1.165) is 22.6 Å². The topological polar surface area (TPSA) is 29.1 Å². The minimum absolute atomic E-state index is 0.118. The van der Waals surface area contributed by atoms with E-state index in [1.165, 1.54) is 0 Å². The van der Waals surface area contributed by atoms with E-state index >= 15 is 0 Å². The van der Waals surface area contributed by atoms with Crippen LogP contribution in [0.25, 0.3) is 0 Å². The SMILES string of the molecule is CC(CBr)CCCNC(=O)c1cccc(Br)c1Cl. The van der Waals surface area contributed by atoms with Crippen LogP contribution < -0.4 is 5.32 Å². The lowest BCUT2D eigenvalue weighted by atomic mass is 10.1. The summed E-state index contributed by atoms with van der Waals surface area (Å²) in [5, 5.41) is 4.35. The summed E-state index contributed by atoms with van der Waals surface area (Å²) in [7, 11) is 0. The van der Waals surface area contributed by atoms with E-state index in [1.54, 1.807) is 12.1 Å². The second-order valence-corrected chi connectivity index (χ2v) is 6.14. The van der Waals surface area contributed by atoms with Gasteiger partial charge in [-0.25, -0.2) is 0 Å². The Balaban J connectivity index is 2.44. The van der Waals surface area contributed by atoms with Gasteiger partial charge in [0.25, 0.3) is 5.91 Å². The molecular weight excluding hydrogens is 381 g/mol. The third kappa shape index (κ3) is 4.90. The van der Waals surface area contributed by atoms with Crippen LogP contribution in [0.5, 0.6) is 0 Å². The molecule has 1 amide bonds. The lowest BCUT2D eigenvalue weighted by Gasteiger charge is -2.09. The maximum Gasteiger partial charge on any atom is 0.252 e. The van der Waals surface area contributed by atoms with Gasteiger partial charge in [0.2, 0.25) is 0 Å². The van der Waals surface area contributed by atoms with Crippen molar-refractivity contribution in [3.63, 3.8) is 0 Å². The van der Waals surface area contributed by atoms with Gasteiger partial charge in [-0.3, -0.25) is 4.79 Å². The van der Waals surface area contributed by atoms with Crippen molar-refractivity contribution < 1.29 is 4.79 Å². The van der Waals surface area contributed by atoms with Crippen molar-refractivity contribution in [1.82, 2.24) is 5.32 Å². The molecule has 2 nitrogen and oxygen atoms in total. The first kappa shape index (κ1) is 16.0. The van der Waals surface area contributed by atoms with Crippen LogP contribution >= 0.6 is 43.5 Å². The highest BCUT2D eigenvalue weighted by Gasteiger charge is 2.11. The Hall–Kier alpha value is -0.0600. The molecule has 0 aromatic heterocycles. The summed E-state index contributed by atoms with van der Waals surface area (Å²) in [4.78, 5) is 11.9. The van der Waals surface area contributed by atoms with Crippen LogP contribution in [-0.2, 0) is 0 Å². The summed E-state index contributed by atoms with van der Waals surface area (Å²) in [6.07, 6.45) is 2.07. The van der Waals surface area contributed by atoms with Crippen molar-refractivity contribution in [1.29, 1.82) is 0 Å². The highest BCUT2D eigenvalue weighted by molar-refractivity contribution is 9.10. The summed E-state index contributed by atoms with van der Waals surface area (Å²) < 4.78 is 0.740. The highest BCUT2D eigenvalue weighted by Crippen LogP contribution is 2.25. The first-order valence-corrected chi connectivity index (χ1v) is 8.13. The number of rotatable bonds is 6. The molecule has 0 radical (unpaired) electrons. The zero-order valence-corrected chi connectivity index (χ0v) is 14.1. The van der Waals surface area contributed by atoms with E-state index in [4.69, 9.17) is 11.6 Å². The standard InChI is InChI=1S/C13H16Br2ClNO/c1-9(8-14)4-3-7-17-13(18)10-5-2-6-11(15)12(10)16/h2,5-6,9H,3-4,7-8H2,1H3,(H,17,18). The molecule has 0 bridgehead atoms. The molecule has 1 rings (SSSR count). The minimum atomic E-state index is -0.118. The van der Waals surface area contributed by atoms with Gasteiger partial charge in [0, 0.05) is 16.3 Å². The van der Waals surface area contributed by atoms with Gasteiger partial charge in [0.1, 0.15) is 0 Å². The third-order valence-corrected chi connectivity index (χ3v) is 5.02. The quantitative estimate of drug-likeness (QED) is 0.550. The smallest absolute Gasteiger partial charge is 0.252 e. The van der Waals surface area contributed by atoms with Crippen LogP contribution in [0.1, 0.15) is 30.1 Å². The number of nitrogens with one attached hydrogen (secondary N) is 1. The molecule has 1 N–H and O–H groups in total. The van der Waals surface area contributed by atoms with E-state index in [2.05, 4.69) is 44.1 Å². The molecular formula is C13H16Br2ClNO. The Morgan fingerprint density at radius 1 is 1.50 bits per heavy atom. The lowest BCUT2D eigenvalue weighted by molar-refractivity contribution is 0.0952. The number of halogens is 3. The number of carbonyl (C=O) groups is 1.